The molecule has 0 spiro atoms. The summed E-state index contributed by atoms with van der Waals surface area (Å²) in [6.07, 6.45) is 0.0340. The molecule has 3 aromatic carbocycles. The van der Waals surface area contributed by atoms with Crippen LogP contribution in [0.3, 0.4) is 0 Å². The number of methoxy groups -OCH3 is 1. The Hall–Kier alpha value is -3.60. The van der Waals surface area contributed by atoms with Gasteiger partial charge in [-0.1, -0.05) is 43.3 Å². The summed E-state index contributed by atoms with van der Waals surface area (Å²) in [5, 5.41) is 33.3. The molecule has 10 heteroatoms. The minimum atomic E-state index is -3.91. The van der Waals surface area contributed by atoms with Crippen LogP contribution in [0.1, 0.15) is 30.9 Å². The van der Waals surface area contributed by atoms with Crippen molar-refractivity contribution >= 4 is 15.9 Å². The third-order valence-electron chi connectivity index (χ3n) is 6.35. The zero-order chi connectivity index (χ0) is 28.4. The maximum atomic E-state index is 13.4. The summed E-state index contributed by atoms with van der Waals surface area (Å²) < 4.78 is 33.2. The zero-order valence-corrected chi connectivity index (χ0v) is 23.0. The SMILES string of the molecule is CCCN(C[C@@H](O)[C@H](Cc1ccccc1)NC(=O)CCc1ccc(O)c(O)c1)S(=O)(=O)c1ccc(OC)cc1. The van der Waals surface area contributed by atoms with Crippen molar-refractivity contribution in [2.45, 2.75) is 49.6 Å². The van der Waals surface area contributed by atoms with Crippen molar-refractivity contribution in [3.05, 3.63) is 83.9 Å². The summed E-state index contributed by atoms with van der Waals surface area (Å²) in [5.74, 6) is -0.304. The van der Waals surface area contributed by atoms with Crippen LogP contribution < -0.4 is 10.1 Å². The Kier molecular flexibility index (Phi) is 10.7. The lowest BCUT2D eigenvalue weighted by Crippen LogP contribution is -2.50. The number of aliphatic hydroxyl groups is 1. The summed E-state index contributed by atoms with van der Waals surface area (Å²) >= 11 is 0. The van der Waals surface area contributed by atoms with E-state index in [1.807, 2.05) is 37.3 Å². The van der Waals surface area contributed by atoms with E-state index in [9.17, 15) is 28.5 Å². The van der Waals surface area contributed by atoms with Gasteiger partial charge in [0.1, 0.15) is 5.75 Å². The van der Waals surface area contributed by atoms with Crippen molar-refractivity contribution in [1.82, 2.24) is 9.62 Å². The van der Waals surface area contributed by atoms with Gasteiger partial charge in [0.05, 0.1) is 24.2 Å². The average molecular weight is 557 g/mol. The number of ether oxygens (including phenoxy) is 1. The lowest BCUT2D eigenvalue weighted by molar-refractivity contribution is -0.122. The van der Waals surface area contributed by atoms with Crippen LogP contribution in [0.25, 0.3) is 0 Å². The number of phenols is 2. The summed E-state index contributed by atoms with van der Waals surface area (Å²) in [5.41, 5.74) is 1.55. The third kappa shape index (κ3) is 8.44. The number of aliphatic hydroxyl groups excluding tert-OH is 1. The van der Waals surface area contributed by atoms with E-state index < -0.39 is 22.2 Å². The Morgan fingerprint density at radius 2 is 1.67 bits per heavy atom. The first-order valence-corrected chi connectivity index (χ1v) is 14.2. The first-order valence-electron chi connectivity index (χ1n) is 12.8. The molecule has 1 amide bonds. The van der Waals surface area contributed by atoms with Gasteiger partial charge in [-0.2, -0.15) is 4.31 Å². The average Bonchev–Trinajstić information content (AvgIpc) is 2.93. The van der Waals surface area contributed by atoms with Crippen molar-refractivity contribution < 1.29 is 33.3 Å². The summed E-state index contributed by atoms with van der Waals surface area (Å²) in [7, 11) is -2.41. The summed E-state index contributed by atoms with van der Waals surface area (Å²) in [6, 6.07) is 19.0. The van der Waals surface area contributed by atoms with E-state index >= 15 is 0 Å². The molecule has 9 nitrogen and oxygen atoms in total. The molecule has 0 aliphatic carbocycles. The molecular formula is C29H36N2O7S. The van der Waals surface area contributed by atoms with Crippen LogP contribution in [-0.2, 0) is 27.7 Å². The molecule has 3 aromatic rings. The number of amides is 1. The van der Waals surface area contributed by atoms with Crippen LogP contribution in [0, 0.1) is 0 Å². The van der Waals surface area contributed by atoms with Gasteiger partial charge in [0, 0.05) is 19.5 Å². The van der Waals surface area contributed by atoms with Gasteiger partial charge in [-0.15, -0.1) is 0 Å². The first-order chi connectivity index (χ1) is 18.6. The first kappa shape index (κ1) is 29.9. The van der Waals surface area contributed by atoms with Crippen molar-refractivity contribution in [3.63, 3.8) is 0 Å². The largest absolute Gasteiger partial charge is 0.504 e. The van der Waals surface area contributed by atoms with Crippen molar-refractivity contribution in [1.29, 1.82) is 0 Å². The molecule has 210 valence electrons. The van der Waals surface area contributed by atoms with Crippen LogP contribution >= 0.6 is 0 Å². The number of phenolic OH excluding ortho intramolecular Hbond substituents is 2. The molecule has 0 aliphatic rings. The Labute approximate surface area is 229 Å². The topological polar surface area (TPSA) is 136 Å². The molecule has 0 radical (unpaired) electrons. The molecule has 39 heavy (non-hydrogen) atoms. The van der Waals surface area contributed by atoms with E-state index in [2.05, 4.69) is 5.32 Å². The van der Waals surface area contributed by atoms with Crippen LogP contribution in [0.5, 0.6) is 17.2 Å². The number of hydrogen-bond donors (Lipinski definition) is 4. The monoisotopic (exact) mass is 556 g/mol. The Balaban J connectivity index is 1.76. The smallest absolute Gasteiger partial charge is 0.243 e. The minimum absolute atomic E-state index is 0.0745. The quantitative estimate of drug-likeness (QED) is 0.224. The Morgan fingerprint density at radius 1 is 0.974 bits per heavy atom. The molecule has 0 bridgehead atoms. The predicted molar refractivity (Wildman–Crippen MR) is 148 cm³/mol. The van der Waals surface area contributed by atoms with Gasteiger partial charge in [0.2, 0.25) is 15.9 Å². The maximum Gasteiger partial charge on any atom is 0.243 e. The fourth-order valence-corrected chi connectivity index (χ4v) is 5.75. The van der Waals surface area contributed by atoms with Gasteiger partial charge in [0.25, 0.3) is 0 Å². The number of rotatable bonds is 14. The van der Waals surface area contributed by atoms with E-state index in [0.717, 1.165) is 5.56 Å². The zero-order valence-electron chi connectivity index (χ0n) is 22.2. The fraction of sp³-hybridized carbons (Fsp3) is 0.345. The van der Waals surface area contributed by atoms with Crippen LogP contribution in [-0.4, -0.2) is 66.3 Å². The number of carbonyl (C=O) groups is 1. The maximum absolute atomic E-state index is 13.4. The predicted octanol–water partition coefficient (Wildman–Crippen LogP) is 3.23. The molecule has 0 aromatic heterocycles. The number of hydrogen-bond acceptors (Lipinski definition) is 7. The van der Waals surface area contributed by atoms with E-state index in [1.165, 1.54) is 35.7 Å². The fourth-order valence-electron chi connectivity index (χ4n) is 4.20. The molecule has 0 unspecified atom stereocenters. The molecule has 3 rings (SSSR count). The van der Waals surface area contributed by atoms with E-state index in [0.29, 0.717) is 30.6 Å². The van der Waals surface area contributed by atoms with E-state index in [1.54, 1.807) is 18.2 Å². The molecule has 4 N–H and O–H groups in total. The van der Waals surface area contributed by atoms with Gasteiger partial charge in [-0.05, 0) is 66.8 Å². The number of benzene rings is 3. The highest BCUT2D eigenvalue weighted by atomic mass is 32.2. The van der Waals surface area contributed by atoms with E-state index in [4.69, 9.17) is 4.74 Å². The Morgan fingerprint density at radius 3 is 2.28 bits per heavy atom. The normalized spacial score (nSPS) is 13.1. The lowest BCUT2D eigenvalue weighted by Gasteiger charge is -2.30. The second kappa shape index (κ2) is 14.0. The molecule has 2 atom stereocenters. The Bertz CT molecular complexity index is 1320. The second-order valence-corrected chi connectivity index (χ2v) is 11.2. The van der Waals surface area contributed by atoms with Crippen LogP contribution in [0.2, 0.25) is 0 Å². The number of carbonyl (C=O) groups excluding carboxylic acids is 1. The molecule has 0 saturated carbocycles. The number of nitrogens with zero attached hydrogens (tertiary/aromatic N) is 1. The second-order valence-electron chi connectivity index (χ2n) is 9.29. The van der Waals surface area contributed by atoms with Crippen molar-refractivity contribution in [2.75, 3.05) is 20.2 Å². The number of aromatic hydroxyl groups is 2. The minimum Gasteiger partial charge on any atom is -0.504 e. The van der Waals surface area contributed by atoms with Gasteiger partial charge >= 0.3 is 0 Å². The van der Waals surface area contributed by atoms with Gasteiger partial charge in [-0.3, -0.25) is 4.79 Å². The lowest BCUT2D eigenvalue weighted by atomic mass is 10.0. The van der Waals surface area contributed by atoms with E-state index in [-0.39, 0.29) is 41.8 Å². The molecule has 0 heterocycles. The van der Waals surface area contributed by atoms with Crippen LogP contribution in [0.15, 0.2) is 77.7 Å². The molecule has 0 fully saturated rings. The van der Waals surface area contributed by atoms with Crippen molar-refractivity contribution in [3.8, 4) is 17.2 Å². The van der Waals surface area contributed by atoms with Crippen molar-refractivity contribution in [2.24, 2.45) is 0 Å². The van der Waals surface area contributed by atoms with Gasteiger partial charge < -0.3 is 25.4 Å². The molecule has 0 aliphatic heterocycles. The van der Waals surface area contributed by atoms with Crippen LogP contribution in [0.4, 0.5) is 0 Å². The molecule has 0 saturated heterocycles. The number of sulfonamides is 1. The summed E-state index contributed by atoms with van der Waals surface area (Å²) in [4.78, 5) is 13.0. The highest BCUT2D eigenvalue weighted by Crippen LogP contribution is 2.25. The number of nitrogens with one attached hydrogen (secondary N) is 1. The standard InChI is InChI=1S/C29H36N2O7S/c1-3-17-31(39(36,37)24-13-11-23(38-2)12-14-24)20-28(34)25(18-21-7-5-4-6-8-21)30-29(35)16-10-22-9-15-26(32)27(33)19-22/h4-9,11-15,19,25,28,32-34H,3,10,16-18,20H2,1-2H3,(H,30,35)/t25-,28+/m0/s1. The molecular weight excluding hydrogens is 520 g/mol. The highest BCUT2D eigenvalue weighted by Gasteiger charge is 2.30. The van der Waals surface area contributed by atoms with Gasteiger partial charge in [-0.25, -0.2) is 8.42 Å². The highest BCUT2D eigenvalue weighted by molar-refractivity contribution is 7.89. The third-order valence-corrected chi connectivity index (χ3v) is 8.23. The summed E-state index contributed by atoms with van der Waals surface area (Å²) in [6.45, 7) is 1.85. The van der Waals surface area contributed by atoms with Gasteiger partial charge in [0.15, 0.2) is 11.5 Å². The number of aryl methyl sites for hydroxylation is 1.